The largest absolute Gasteiger partial charge is 0.478 e. The lowest BCUT2D eigenvalue weighted by Gasteiger charge is -2.39. The number of carboxylic acids is 1. The third-order valence-electron chi connectivity index (χ3n) is 4.77. The second-order valence-corrected chi connectivity index (χ2v) is 6.04. The summed E-state index contributed by atoms with van der Waals surface area (Å²) < 4.78 is 0. The van der Waals surface area contributed by atoms with Gasteiger partial charge in [0.2, 0.25) is 0 Å². The topological polar surface area (TPSA) is 69.8 Å². The molecule has 5 nitrogen and oxygen atoms in total. The maximum Gasteiger partial charge on any atom is 0.335 e. The molecule has 0 aromatic heterocycles. The van der Waals surface area contributed by atoms with Gasteiger partial charge in [-0.2, -0.15) is 0 Å². The van der Waals surface area contributed by atoms with E-state index in [-0.39, 0.29) is 5.56 Å². The first-order valence-corrected chi connectivity index (χ1v) is 7.77. The number of rotatable bonds is 3. The first-order chi connectivity index (χ1) is 10.1. The number of benzene rings is 1. The Morgan fingerprint density at radius 2 is 1.81 bits per heavy atom. The fraction of sp³-hybridized carbons (Fsp3) is 0.562. The molecule has 1 aromatic rings. The minimum atomic E-state index is -0.931. The zero-order valence-electron chi connectivity index (χ0n) is 12.3. The highest BCUT2D eigenvalue weighted by atomic mass is 16.4. The quantitative estimate of drug-likeness (QED) is 0.833. The monoisotopic (exact) mass is 289 g/mol. The van der Waals surface area contributed by atoms with Gasteiger partial charge < -0.3 is 15.7 Å². The number of nitrogens with two attached hydrogens (primary N) is 1. The van der Waals surface area contributed by atoms with Crippen molar-refractivity contribution >= 4 is 17.3 Å². The van der Waals surface area contributed by atoms with Crippen molar-refractivity contribution in [2.45, 2.75) is 31.7 Å². The van der Waals surface area contributed by atoms with E-state index in [1.807, 2.05) is 6.07 Å². The lowest BCUT2D eigenvalue weighted by Crippen LogP contribution is -2.49. The predicted octanol–water partition coefficient (Wildman–Crippen LogP) is 2.03. The van der Waals surface area contributed by atoms with E-state index >= 15 is 0 Å². The van der Waals surface area contributed by atoms with E-state index in [0.717, 1.165) is 37.9 Å². The first kappa shape index (κ1) is 14.2. The molecule has 1 heterocycles. The van der Waals surface area contributed by atoms with Gasteiger partial charge in [-0.05, 0) is 31.0 Å². The molecule has 1 saturated carbocycles. The molecular formula is C16H23N3O2. The van der Waals surface area contributed by atoms with Crippen molar-refractivity contribution in [3.63, 3.8) is 0 Å². The highest BCUT2D eigenvalue weighted by molar-refractivity contribution is 5.90. The summed E-state index contributed by atoms with van der Waals surface area (Å²) in [5.41, 5.74) is 7.80. The second kappa shape index (κ2) is 5.93. The Kier molecular flexibility index (Phi) is 4.01. The second-order valence-electron chi connectivity index (χ2n) is 6.04. The number of nitrogen functional groups attached to an aromatic ring is 1. The molecule has 3 rings (SSSR count). The van der Waals surface area contributed by atoms with Gasteiger partial charge in [0.25, 0.3) is 0 Å². The van der Waals surface area contributed by atoms with E-state index in [0.29, 0.717) is 5.69 Å². The van der Waals surface area contributed by atoms with Crippen molar-refractivity contribution in [1.29, 1.82) is 0 Å². The summed E-state index contributed by atoms with van der Waals surface area (Å²) in [6.45, 7) is 4.08. The lowest BCUT2D eigenvalue weighted by atomic mass is 10.1. The minimum absolute atomic E-state index is 0.251. The summed E-state index contributed by atoms with van der Waals surface area (Å²) in [6.07, 6.45) is 5.42. The highest BCUT2D eigenvalue weighted by Gasteiger charge is 2.26. The number of hydrogen-bond donors (Lipinski definition) is 2. The lowest BCUT2D eigenvalue weighted by molar-refractivity contribution is 0.0697. The molecule has 1 aromatic carbocycles. The zero-order valence-corrected chi connectivity index (χ0v) is 12.3. The highest BCUT2D eigenvalue weighted by Crippen LogP contribution is 2.28. The molecule has 1 aliphatic heterocycles. The van der Waals surface area contributed by atoms with Gasteiger partial charge in [0.15, 0.2) is 0 Å². The van der Waals surface area contributed by atoms with E-state index in [1.165, 1.54) is 25.7 Å². The van der Waals surface area contributed by atoms with Crippen LogP contribution in [0.15, 0.2) is 18.2 Å². The maximum absolute atomic E-state index is 11.0. The van der Waals surface area contributed by atoms with Gasteiger partial charge in [0, 0.05) is 32.2 Å². The Bertz CT molecular complexity index is 518. The summed E-state index contributed by atoms with van der Waals surface area (Å²) >= 11 is 0. The van der Waals surface area contributed by atoms with Gasteiger partial charge in [-0.15, -0.1) is 0 Å². The molecule has 2 fully saturated rings. The third kappa shape index (κ3) is 2.97. The molecule has 0 bridgehead atoms. The van der Waals surface area contributed by atoms with E-state index in [2.05, 4.69) is 9.80 Å². The molecule has 114 valence electrons. The van der Waals surface area contributed by atoms with Gasteiger partial charge in [-0.1, -0.05) is 12.8 Å². The van der Waals surface area contributed by atoms with Crippen LogP contribution in [0.3, 0.4) is 0 Å². The van der Waals surface area contributed by atoms with E-state index in [1.54, 1.807) is 12.1 Å². The van der Waals surface area contributed by atoms with E-state index in [4.69, 9.17) is 10.8 Å². The summed E-state index contributed by atoms with van der Waals surface area (Å²) in [5.74, 6) is -0.931. The third-order valence-corrected chi connectivity index (χ3v) is 4.77. The molecule has 21 heavy (non-hydrogen) atoms. The standard InChI is InChI=1S/C16H23N3O2/c17-14-11-12(16(20)21)5-6-15(14)19-9-7-18(8-10-19)13-3-1-2-4-13/h5-6,11,13H,1-4,7-10,17H2,(H,20,21). The van der Waals surface area contributed by atoms with Crippen molar-refractivity contribution in [2.24, 2.45) is 0 Å². The summed E-state index contributed by atoms with van der Waals surface area (Å²) in [6, 6.07) is 5.81. The SMILES string of the molecule is Nc1cc(C(=O)O)ccc1N1CCN(C2CCCC2)CC1. The van der Waals surface area contributed by atoms with Crippen molar-refractivity contribution in [1.82, 2.24) is 4.90 Å². The van der Waals surface area contributed by atoms with Crippen LogP contribution in [-0.4, -0.2) is 48.2 Å². The average Bonchev–Trinajstić information content (AvgIpc) is 3.01. The predicted molar refractivity (Wildman–Crippen MR) is 83.9 cm³/mol. The molecule has 0 spiro atoms. The average molecular weight is 289 g/mol. The van der Waals surface area contributed by atoms with Crippen LogP contribution < -0.4 is 10.6 Å². The van der Waals surface area contributed by atoms with Crippen LogP contribution >= 0.6 is 0 Å². The van der Waals surface area contributed by atoms with Crippen molar-refractivity contribution in [3.05, 3.63) is 23.8 Å². The zero-order chi connectivity index (χ0) is 14.8. The van der Waals surface area contributed by atoms with Crippen LogP contribution in [-0.2, 0) is 0 Å². The molecule has 1 aliphatic carbocycles. The molecule has 1 saturated heterocycles. The molecular weight excluding hydrogens is 266 g/mol. The number of carbonyl (C=O) groups is 1. The van der Waals surface area contributed by atoms with Crippen molar-refractivity contribution in [3.8, 4) is 0 Å². The van der Waals surface area contributed by atoms with Gasteiger partial charge in [0.05, 0.1) is 16.9 Å². The molecule has 5 heteroatoms. The normalized spacial score (nSPS) is 20.9. The molecule has 0 unspecified atom stereocenters. The number of piperazine rings is 1. The number of anilines is 2. The minimum Gasteiger partial charge on any atom is -0.478 e. The van der Waals surface area contributed by atoms with Crippen molar-refractivity contribution < 1.29 is 9.90 Å². The van der Waals surface area contributed by atoms with E-state index in [9.17, 15) is 4.79 Å². The van der Waals surface area contributed by atoms with Gasteiger partial charge >= 0.3 is 5.97 Å². The summed E-state index contributed by atoms with van der Waals surface area (Å²) in [5, 5.41) is 8.99. The first-order valence-electron chi connectivity index (χ1n) is 7.77. The van der Waals surface area contributed by atoms with Gasteiger partial charge in [0.1, 0.15) is 0 Å². The Hall–Kier alpha value is -1.75. The van der Waals surface area contributed by atoms with Crippen LogP contribution in [0.25, 0.3) is 0 Å². The Balaban J connectivity index is 1.65. The number of aromatic carboxylic acids is 1. The van der Waals surface area contributed by atoms with Crippen LogP contribution in [0, 0.1) is 0 Å². The Labute approximate surface area is 125 Å². The van der Waals surface area contributed by atoms with Crippen LogP contribution in [0.4, 0.5) is 11.4 Å². The Morgan fingerprint density at radius 1 is 1.14 bits per heavy atom. The molecule has 0 amide bonds. The molecule has 0 atom stereocenters. The van der Waals surface area contributed by atoms with Crippen molar-refractivity contribution in [2.75, 3.05) is 36.8 Å². The fourth-order valence-corrected chi connectivity index (χ4v) is 3.57. The number of nitrogens with zero attached hydrogens (tertiary/aromatic N) is 2. The number of hydrogen-bond acceptors (Lipinski definition) is 4. The van der Waals surface area contributed by atoms with Gasteiger partial charge in [-0.3, -0.25) is 4.90 Å². The molecule has 0 radical (unpaired) electrons. The maximum atomic E-state index is 11.0. The Morgan fingerprint density at radius 3 is 2.38 bits per heavy atom. The molecule has 3 N–H and O–H groups in total. The summed E-state index contributed by atoms with van der Waals surface area (Å²) in [4.78, 5) is 15.8. The summed E-state index contributed by atoms with van der Waals surface area (Å²) in [7, 11) is 0. The van der Waals surface area contributed by atoms with Crippen LogP contribution in [0.1, 0.15) is 36.0 Å². The van der Waals surface area contributed by atoms with E-state index < -0.39 is 5.97 Å². The van der Waals surface area contributed by atoms with Gasteiger partial charge in [-0.25, -0.2) is 4.79 Å². The molecule has 2 aliphatic rings. The smallest absolute Gasteiger partial charge is 0.335 e. The van der Waals surface area contributed by atoms with Crippen LogP contribution in [0.2, 0.25) is 0 Å². The fourth-order valence-electron chi connectivity index (χ4n) is 3.57. The van der Waals surface area contributed by atoms with Crippen LogP contribution in [0.5, 0.6) is 0 Å². The number of carboxylic acid groups (broad SMARTS) is 1.